The number of ether oxygens (including phenoxy) is 3. The first kappa shape index (κ1) is 19.9. The molecule has 0 aliphatic rings. The highest BCUT2D eigenvalue weighted by Gasteiger charge is 2.14. The number of nitrogens with one attached hydrogen (secondary N) is 2. The number of amides is 1. The third-order valence-electron chi connectivity index (χ3n) is 3.98. The van der Waals surface area contributed by atoms with E-state index in [4.69, 9.17) is 14.2 Å². The summed E-state index contributed by atoms with van der Waals surface area (Å²) in [5.41, 5.74) is 1.38. The molecule has 1 heterocycles. The summed E-state index contributed by atoms with van der Waals surface area (Å²) in [5, 5.41) is 5.87. The van der Waals surface area contributed by atoms with Gasteiger partial charge in [0.2, 0.25) is 5.95 Å². The number of para-hydroxylation sites is 2. The van der Waals surface area contributed by atoms with Crippen LogP contribution in [0.25, 0.3) is 0 Å². The lowest BCUT2D eigenvalue weighted by Gasteiger charge is -2.13. The molecule has 0 aliphatic heterocycles. The van der Waals surface area contributed by atoms with Gasteiger partial charge in [0.05, 0.1) is 32.2 Å². The van der Waals surface area contributed by atoms with Gasteiger partial charge in [0.15, 0.2) is 0 Å². The Labute approximate surface area is 168 Å². The van der Waals surface area contributed by atoms with Crippen molar-refractivity contribution in [3.05, 3.63) is 60.4 Å². The topological polar surface area (TPSA) is 94.6 Å². The van der Waals surface area contributed by atoms with Gasteiger partial charge in [-0.3, -0.25) is 4.79 Å². The number of hydrogen-bond acceptors (Lipinski definition) is 7. The van der Waals surface area contributed by atoms with Crippen LogP contribution in [0.3, 0.4) is 0 Å². The number of anilines is 3. The van der Waals surface area contributed by atoms with Gasteiger partial charge in [0.25, 0.3) is 5.91 Å². The zero-order valence-corrected chi connectivity index (χ0v) is 16.4. The molecule has 0 spiro atoms. The number of carbonyl (C=O) groups excluding carboxylic acids is 1. The van der Waals surface area contributed by atoms with Crippen LogP contribution in [0.1, 0.15) is 17.4 Å². The van der Waals surface area contributed by atoms with Crippen molar-refractivity contribution in [2.45, 2.75) is 6.92 Å². The number of rotatable bonds is 8. The van der Waals surface area contributed by atoms with Crippen LogP contribution in [0, 0.1) is 0 Å². The largest absolute Gasteiger partial charge is 0.497 e. The van der Waals surface area contributed by atoms with Crippen LogP contribution in [0.4, 0.5) is 17.3 Å². The summed E-state index contributed by atoms with van der Waals surface area (Å²) in [5.74, 6) is 1.66. The summed E-state index contributed by atoms with van der Waals surface area (Å²) in [6.07, 6.45) is 1.51. The minimum Gasteiger partial charge on any atom is -0.497 e. The Balaban J connectivity index is 1.80. The maximum atomic E-state index is 12.7. The van der Waals surface area contributed by atoms with Crippen molar-refractivity contribution in [3.8, 4) is 17.2 Å². The number of nitrogens with zero attached hydrogens (tertiary/aromatic N) is 2. The highest BCUT2D eigenvalue weighted by molar-refractivity contribution is 6.04. The molecule has 2 aromatic carbocycles. The molecule has 0 saturated carbocycles. The Hall–Kier alpha value is -3.81. The minimum atomic E-state index is -0.403. The molecule has 1 aromatic heterocycles. The average Bonchev–Trinajstić information content (AvgIpc) is 2.75. The third kappa shape index (κ3) is 4.92. The Morgan fingerprint density at radius 1 is 1.00 bits per heavy atom. The molecule has 3 aromatic rings. The van der Waals surface area contributed by atoms with E-state index in [0.29, 0.717) is 35.2 Å². The standard InChI is InChI=1S/C21H22N4O4/c1-4-29-19-8-6-5-7-15(19)24-21-22-12-11-16(25-21)20(26)23-17-13-14(27-2)9-10-18(17)28-3/h5-13H,4H2,1-3H3,(H,23,26)(H,22,24,25). The Kier molecular flexibility index (Phi) is 6.47. The molecule has 3 rings (SSSR count). The number of hydrogen-bond donors (Lipinski definition) is 2. The predicted octanol–water partition coefficient (Wildman–Crippen LogP) is 3.89. The van der Waals surface area contributed by atoms with E-state index in [0.717, 1.165) is 0 Å². The van der Waals surface area contributed by atoms with Gasteiger partial charge < -0.3 is 24.8 Å². The van der Waals surface area contributed by atoms with E-state index >= 15 is 0 Å². The Bertz CT molecular complexity index is 994. The van der Waals surface area contributed by atoms with Gasteiger partial charge in [-0.05, 0) is 37.3 Å². The predicted molar refractivity (Wildman–Crippen MR) is 110 cm³/mol. The third-order valence-corrected chi connectivity index (χ3v) is 3.98. The van der Waals surface area contributed by atoms with Gasteiger partial charge in [-0.2, -0.15) is 0 Å². The summed E-state index contributed by atoms with van der Waals surface area (Å²) in [4.78, 5) is 21.2. The van der Waals surface area contributed by atoms with Gasteiger partial charge in [-0.15, -0.1) is 0 Å². The first-order chi connectivity index (χ1) is 14.1. The second-order valence-corrected chi connectivity index (χ2v) is 5.84. The maximum absolute atomic E-state index is 12.7. The Morgan fingerprint density at radius 2 is 1.83 bits per heavy atom. The molecule has 29 heavy (non-hydrogen) atoms. The summed E-state index contributed by atoms with van der Waals surface area (Å²) in [6, 6.07) is 14.1. The molecule has 0 radical (unpaired) electrons. The summed E-state index contributed by atoms with van der Waals surface area (Å²) >= 11 is 0. The molecule has 8 nitrogen and oxygen atoms in total. The molecule has 0 unspecified atom stereocenters. The first-order valence-corrected chi connectivity index (χ1v) is 9.00. The normalized spacial score (nSPS) is 10.2. The average molecular weight is 394 g/mol. The van der Waals surface area contributed by atoms with Crippen LogP contribution in [-0.2, 0) is 0 Å². The molecule has 0 fully saturated rings. The molecule has 0 bridgehead atoms. The SMILES string of the molecule is CCOc1ccccc1Nc1nccc(C(=O)Nc2cc(OC)ccc2OC)n1. The lowest BCUT2D eigenvalue weighted by Crippen LogP contribution is -2.15. The van der Waals surface area contributed by atoms with Crippen molar-refractivity contribution >= 4 is 23.2 Å². The van der Waals surface area contributed by atoms with E-state index in [1.165, 1.54) is 19.4 Å². The van der Waals surface area contributed by atoms with Crippen molar-refractivity contribution in [1.29, 1.82) is 0 Å². The highest BCUT2D eigenvalue weighted by Crippen LogP contribution is 2.29. The monoisotopic (exact) mass is 394 g/mol. The fourth-order valence-electron chi connectivity index (χ4n) is 2.62. The van der Waals surface area contributed by atoms with Crippen molar-refractivity contribution in [1.82, 2.24) is 9.97 Å². The zero-order chi connectivity index (χ0) is 20.6. The molecule has 150 valence electrons. The van der Waals surface area contributed by atoms with Crippen molar-refractivity contribution in [3.63, 3.8) is 0 Å². The number of benzene rings is 2. The molecule has 0 aliphatic carbocycles. The van der Waals surface area contributed by atoms with Crippen LogP contribution in [0.15, 0.2) is 54.7 Å². The lowest BCUT2D eigenvalue weighted by atomic mass is 10.2. The lowest BCUT2D eigenvalue weighted by molar-refractivity contribution is 0.102. The molecule has 8 heteroatoms. The summed E-state index contributed by atoms with van der Waals surface area (Å²) < 4.78 is 16.1. The molecule has 0 atom stereocenters. The maximum Gasteiger partial charge on any atom is 0.274 e. The first-order valence-electron chi connectivity index (χ1n) is 9.00. The van der Waals surface area contributed by atoms with Gasteiger partial charge in [-0.25, -0.2) is 9.97 Å². The van der Waals surface area contributed by atoms with Crippen LogP contribution in [-0.4, -0.2) is 36.7 Å². The summed E-state index contributed by atoms with van der Waals surface area (Å²) in [6.45, 7) is 2.44. The highest BCUT2D eigenvalue weighted by atomic mass is 16.5. The van der Waals surface area contributed by atoms with E-state index in [2.05, 4.69) is 20.6 Å². The van der Waals surface area contributed by atoms with E-state index in [-0.39, 0.29) is 11.6 Å². The quantitative estimate of drug-likeness (QED) is 0.598. The van der Waals surface area contributed by atoms with Gasteiger partial charge >= 0.3 is 0 Å². The Morgan fingerprint density at radius 3 is 2.59 bits per heavy atom. The number of carbonyl (C=O) groups is 1. The van der Waals surface area contributed by atoms with E-state index in [1.807, 2.05) is 31.2 Å². The molecule has 2 N–H and O–H groups in total. The van der Waals surface area contributed by atoms with Crippen LogP contribution in [0.2, 0.25) is 0 Å². The van der Waals surface area contributed by atoms with Crippen molar-refractivity contribution in [2.24, 2.45) is 0 Å². The zero-order valence-electron chi connectivity index (χ0n) is 16.4. The van der Waals surface area contributed by atoms with E-state index < -0.39 is 5.91 Å². The number of methoxy groups -OCH3 is 2. The molecular weight excluding hydrogens is 372 g/mol. The second kappa shape index (κ2) is 9.41. The second-order valence-electron chi connectivity index (χ2n) is 5.84. The minimum absolute atomic E-state index is 0.196. The van der Waals surface area contributed by atoms with Crippen molar-refractivity contribution < 1.29 is 19.0 Å². The molecule has 1 amide bonds. The van der Waals surface area contributed by atoms with Crippen LogP contribution in [0.5, 0.6) is 17.2 Å². The van der Waals surface area contributed by atoms with Crippen LogP contribution >= 0.6 is 0 Å². The van der Waals surface area contributed by atoms with Gasteiger partial charge in [0, 0.05) is 12.3 Å². The fraction of sp³-hybridized carbons (Fsp3) is 0.190. The van der Waals surface area contributed by atoms with Crippen LogP contribution < -0.4 is 24.8 Å². The van der Waals surface area contributed by atoms with E-state index in [9.17, 15) is 4.79 Å². The van der Waals surface area contributed by atoms with Gasteiger partial charge in [-0.1, -0.05) is 12.1 Å². The van der Waals surface area contributed by atoms with E-state index in [1.54, 1.807) is 25.3 Å². The van der Waals surface area contributed by atoms with Gasteiger partial charge in [0.1, 0.15) is 22.9 Å². The molecule has 0 saturated heterocycles. The molecular formula is C21H22N4O4. The summed E-state index contributed by atoms with van der Waals surface area (Å²) in [7, 11) is 3.08. The van der Waals surface area contributed by atoms with Crippen molar-refractivity contribution in [2.75, 3.05) is 31.5 Å². The smallest absolute Gasteiger partial charge is 0.274 e. The fourth-order valence-corrected chi connectivity index (χ4v) is 2.62. The number of aromatic nitrogens is 2.